The molecule has 2 radical (unpaired) electrons. The zero-order chi connectivity index (χ0) is 12.7. The van der Waals surface area contributed by atoms with Gasteiger partial charge in [-0.2, -0.15) is 109 Å². The molecule has 2 heteroatoms. The van der Waals surface area contributed by atoms with E-state index in [0.29, 0.717) is 0 Å². The predicted octanol–water partition coefficient (Wildman–Crippen LogP) is 3.27. The fourth-order valence-electron chi connectivity index (χ4n) is 1.03. The Bertz CT molecular complexity index is 302. The molecule has 0 aliphatic rings. The molecule has 3 rings (SSSR count). The van der Waals surface area contributed by atoms with Crippen LogP contribution in [0.15, 0.2) is 91.0 Å². The van der Waals surface area contributed by atoms with Gasteiger partial charge in [-0.1, -0.05) is 0 Å². The summed E-state index contributed by atoms with van der Waals surface area (Å²) in [5, 5.41) is 0. The monoisotopic (exact) mass is 314 g/mol. The van der Waals surface area contributed by atoms with Crippen molar-refractivity contribution < 1.29 is 17.4 Å². The summed E-state index contributed by atoms with van der Waals surface area (Å²) < 4.78 is 0. The summed E-state index contributed by atoms with van der Waals surface area (Å²) in [5.41, 5.74) is 0. The molecular formula is C18H18CrSi. The molecule has 0 fully saturated rings. The van der Waals surface area contributed by atoms with E-state index in [1.54, 1.807) is 0 Å². The standard InChI is InChI=1S/3C6H5.Cr.H3Si/c3*1-2-4-6-5-3-1;;/h3*1-5H;;1H3/q3*-1;+3;. The van der Waals surface area contributed by atoms with Gasteiger partial charge in [-0.3, -0.25) is 0 Å². The van der Waals surface area contributed by atoms with Gasteiger partial charge in [0.2, 0.25) is 0 Å². The number of benzene rings is 3. The van der Waals surface area contributed by atoms with Gasteiger partial charge in [-0.15, -0.1) is 0 Å². The summed E-state index contributed by atoms with van der Waals surface area (Å²) in [5.74, 6) is 0. The first-order chi connectivity index (χ1) is 9.00. The maximum atomic E-state index is 2.89. The van der Waals surface area contributed by atoms with Crippen LogP contribution in [0.2, 0.25) is 0 Å². The van der Waals surface area contributed by atoms with Crippen molar-refractivity contribution in [3.63, 3.8) is 0 Å². The Morgan fingerprint density at radius 3 is 0.600 bits per heavy atom. The van der Waals surface area contributed by atoms with Crippen molar-refractivity contribution in [3.05, 3.63) is 109 Å². The van der Waals surface area contributed by atoms with Gasteiger partial charge < -0.3 is 0 Å². The molecule has 0 aliphatic carbocycles. The molecule has 3 aromatic carbocycles. The van der Waals surface area contributed by atoms with Crippen molar-refractivity contribution in [2.24, 2.45) is 0 Å². The van der Waals surface area contributed by atoms with Gasteiger partial charge in [0.1, 0.15) is 0 Å². The van der Waals surface area contributed by atoms with Crippen LogP contribution in [0.1, 0.15) is 0 Å². The molecule has 0 bridgehead atoms. The molecule has 100 valence electrons. The fourth-order valence-corrected chi connectivity index (χ4v) is 1.03. The van der Waals surface area contributed by atoms with Crippen molar-refractivity contribution in [1.82, 2.24) is 0 Å². The van der Waals surface area contributed by atoms with Crippen molar-refractivity contribution >= 4 is 11.0 Å². The normalized spacial score (nSPS) is 7.20. The molecule has 0 unspecified atom stereocenters. The van der Waals surface area contributed by atoms with Gasteiger partial charge in [-0.05, 0) is 11.0 Å². The van der Waals surface area contributed by atoms with Crippen molar-refractivity contribution in [2.45, 2.75) is 0 Å². The van der Waals surface area contributed by atoms with Gasteiger partial charge in [0.05, 0.1) is 0 Å². The Morgan fingerprint density at radius 1 is 0.350 bits per heavy atom. The number of rotatable bonds is 0. The molecule has 0 aliphatic heterocycles. The van der Waals surface area contributed by atoms with E-state index in [4.69, 9.17) is 0 Å². The molecule has 0 N–H and O–H groups in total. The number of hydrogen-bond donors (Lipinski definition) is 0. The van der Waals surface area contributed by atoms with E-state index in [1.165, 1.54) is 0 Å². The molecule has 3 aromatic rings. The minimum Gasteiger partial charge on any atom is -0.184 e. The minimum absolute atomic E-state index is 0. The van der Waals surface area contributed by atoms with Crippen LogP contribution in [0.25, 0.3) is 0 Å². The predicted molar refractivity (Wildman–Crippen MR) is 85.8 cm³/mol. The van der Waals surface area contributed by atoms with E-state index >= 15 is 0 Å². The largest absolute Gasteiger partial charge is 3.00 e. The summed E-state index contributed by atoms with van der Waals surface area (Å²) in [6.45, 7) is 0. The van der Waals surface area contributed by atoms with E-state index < -0.39 is 0 Å². The summed E-state index contributed by atoms with van der Waals surface area (Å²) >= 11 is 0. The van der Waals surface area contributed by atoms with Crippen molar-refractivity contribution in [3.8, 4) is 0 Å². The summed E-state index contributed by atoms with van der Waals surface area (Å²) in [6.07, 6.45) is 0. The van der Waals surface area contributed by atoms with Gasteiger partial charge in [-0.25, -0.2) is 0 Å². The Balaban J connectivity index is 0. The molecule has 0 saturated carbocycles. The van der Waals surface area contributed by atoms with Crippen LogP contribution in [0.5, 0.6) is 0 Å². The van der Waals surface area contributed by atoms with Crippen LogP contribution in [-0.2, 0) is 17.4 Å². The number of hydrogen-bond acceptors (Lipinski definition) is 0. The zero-order valence-corrected chi connectivity index (χ0v) is 14.8. The molecule has 0 atom stereocenters. The Hall–Kier alpha value is -1.59. The van der Waals surface area contributed by atoms with Crippen LogP contribution in [0.4, 0.5) is 0 Å². The molecule has 0 heterocycles. The first-order valence-electron chi connectivity index (χ1n) is 5.73. The second-order valence-corrected chi connectivity index (χ2v) is 3.23. The molecule has 0 saturated heterocycles. The summed E-state index contributed by atoms with van der Waals surface area (Å²) in [7, 11) is 0. The van der Waals surface area contributed by atoms with E-state index in [0.717, 1.165) is 0 Å². The van der Waals surface area contributed by atoms with Crippen LogP contribution in [-0.4, -0.2) is 11.0 Å². The van der Waals surface area contributed by atoms with Gasteiger partial charge in [0.15, 0.2) is 0 Å². The molecule has 20 heavy (non-hydrogen) atoms. The summed E-state index contributed by atoms with van der Waals surface area (Å²) in [4.78, 5) is 0. The second kappa shape index (κ2) is 17.4. The van der Waals surface area contributed by atoms with Crippen LogP contribution in [0, 0.1) is 18.2 Å². The first-order valence-corrected chi connectivity index (χ1v) is 5.73. The van der Waals surface area contributed by atoms with Gasteiger partial charge >= 0.3 is 17.4 Å². The Kier molecular flexibility index (Phi) is 18.0. The first kappa shape index (κ1) is 20.7. The van der Waals surface area contributed by atoms with E-state index in [-0.39, 0.29) is 28.3 Å². The van der Waals surface area contributed by atoms with Gasteiger partial charge in [0, 0.05) is 0 Å². The van der Waals surface area contributed by atoms with E-state index in [9.17, 15) is 0 Å². The van der Waals surface area contributed by atoms with Crippen LogP contribution >= 0.6 is 0 Å². The third-order valence-corrected chi connectivity index (χ3v) is 1.82. The average molecular weight is 314 g/mol. The molecular weight excluding hydrogens is 296 g/mol. The van der Waals surface area contributed by atoms with Crippen molar-refractivity contribution in [1.29, 1.82) is 0 Å². The third-order valence-electron chi connectivity index (χ3n) is 1.82. The van der Waals surface area contributed by atoms with E-state index in [2.05, 4.69) is 18.2 Å². The van der Waals surface area contributed by atoms with Crippen molar-refractivity contribution in [2.75, 3.05) is 0 Å². The maximum Gasteiger partial charge on any atom is 3.00 e. The van der Waals surface area contributed by atoms with E-state index in [1.807, 2.05) is 91.0 Å². The van der Waals surface area contributed by atoms with Gasteiger partial charge in [0.25, 0.3) is 0 Å². The fraction of sp³-hybridized carbons (Fsp3) is 0. The topological polar surface area (TPSA) is 0 Å². The summed E-state index contributed by atoms with van der Waals surface area (Å²) in [6, 6.07) is 37.5. The molecule has 0 amide bonds. The maximum absolute atomic E-state index is 2.89. The third kappa shape index (κ3) is 14.5. The average Bonchev–Trinajstić information content (AvgIpc) is 2.54. The molecule has 0 nitrogen and oxygen atoms in total. The van der Waals surface area contributed by atoms with Crippen LogP contribution in [0.3, 0.4) is 0 Å². The SMILES string of the molecule is [Cr+3].[SiH3].[c-]1ccccc1.[c-]1ccccc1.[c-]1ccccc1. The molecule has 0 aromatic heterocycles. The minimum atomic E-state index is 0. The zero-order valence-electron chi connectivity index (χ0n) is 11.6. The van der Waals surface area contributed by atoms with Crippen LogP contribution < -0.4 is 0 Å². The smallest absolute Gasteiger partial charge is 0.184 e. The Labute approximate surface area is 137 Å². The quantitative estimate of drug-likeness (QED) is 0.441. The Morgan fingerprint density at radius 2 is 0.550 bits per heavy atom. The second-order valence-electron chi connectivity index (χ2n) is 3.23. The molecule has 0 spiro atoms.